The first-order valence-electron chi connectivity index (χ1n) is 12.8. The fourth-order valence-corrected chi connectivity index (χ4v) is 5.54. The van der Waals surface area contributed by atoms with Crippen LogP contribution in [0.1, 0.15) is 101 Å². The minimum Gasteiger partial charge on any atom is -0.461 e. The van der Waals surface area contributed by atoms with E-state index in [1.807, 2.05) is 49.6 Å². The lowest BCUT2D eigenvalue weighted by atomic mass is 9.89. The maximum atomic E-state index is 13.0. The Labute approximate surface area is 233 Å². The number of aromatic nitrogens is 2. The molecular formula is C27H38BrClN4O4. The predicted octanol–water partition coefficient (Wildman–Crippen LogP) is 6.57. The first-order valence-corrected chi connectivity index (χ1v) is 14.0. The van der Waals surface area contributed by atoms with Gasteiger partial charge in [0.15, 0.2) is 10.4 Å². The molecule has 0 bridgehead atoms. The molecule has 1 saturated carbocycles. The van der Waals surface area contributed by atoms with E-state index in [1.165, 1.54) is 0 Å². The Bertz CT molecular complexity index is 1070. The summed E-state index contributed by atoms with van der Waals surface area (Å²) in [6.45, 7) is 11.7. The molecule has 37 heavy (non-hydrogen) atoms. The SMILES string of the molecule is CCOC(=O)c1nc(Br)n(C(C)C)c1C(NC1CCC(NC(=O)OC(C)(C)C)CC1)c1ccc(Cl)cc1. The molecule has 1 heterocycles. The van der Waals surface area contributed by atoms with E-state index < -0.39 is 11.6 Å². The predicted molar refractivity (Wildman–Crippen MR) is 148 cm³/mol. The quantitative estimate of drug-likeness (QED) is 0.334. The van der Waals surface area contributed by atoms with E-state index in [0.717, 1.165) is 36.9 Å². The molecule has 0 radical (unpaired) electrons. The van der Waals surface area contributed by atoms with Crippen molar-refractivity contribution in [2.75, 3.05) is 6.61 Å². The Kier molecular flexibility index (Phi) is 10.1. The summed E-state index contributed by atoms with van der Waals surface area (Å²) in [5, 5.41) is 7.43. The summed E-state index contributed by atoms with van der Waals surface area (Å²) in [5.41, 5.74) is 1.48. The Morgan fingerprint density at radius 3 is 2.27 bits per heavy atom. The van der Waals surface area contributed by atoms with Crippen LogP contribution in [-0.2, 0) is 9.47 Å². The second-order valence-electron chi connectivity index (χ2n) is 10.6. The summed E-state index contributed by atoms with van der Waals surface area (Å²) in [6.07, 6.45) is 2.98. The van der Waals surface area contributed by atoms with Crippen LogP contribution in [0.15, 0.2) is 29.0 Å². The highest BCUT2D eigenvalue weighted by atomic mass is 79.9. The van der Waals surface area contributed by atoms with Crippen LogP contribution >= 0.6 is 27.5 Å². The van der Waals surface area contributed by atoms with Crippen molar-refractivity contribution in [3.05, 3.63) is 51.0 Å². The summed E-state index contributed by atoms with van der Waals surface area (Å²) < 4.78 is 13.4. The molecule has 1 unspecified atom stereocenters. The molecule has 0 spiro atoms. The zero-order valence-corrected chi connectivity index (χ0v) is 24.8. The lowest BCUT2D eigenvalue weighted by Gasteiger charge is -2.34. The fraction of sp³-hybridized carbons (Fsp3) is 0.593. The van der Waals surface area contributed by atoms with E-state index in [0.29, 0.717) is 9.76 Å². The van der Waals surface area contributed by atoms with Crippen molar-refractivity contribution in [2.45, 2.75) is 97.0 Å². The number of halogens is 2. The van der Waals surface area contributed by atoms with Crippen LogP contribution in [0.2, 0.25) is 5.02 Å². The van der Waals surface area contributed by atoms with Gasteiger partial charge in [-0.1, -0.05) is 23.7 Å². The van der Waals surface area contributed by atoms with Gasteiger partial charge in [0.05, 0.1) is 18.3 Å². The van der Waals surface area contributed by atoms with Gasteiger partial charge in [0.2, 0.25) is 0 Å². The number of alkyl carbamates (subject to hydrolysis) is 1. The second kappa shape index (κ2) is 12.6. The molecular weight excluding hydrogens is 560 g/mol. The van der Waals surface area contributed by atoms with E-state index in [2.05, 4.69) is 45.4 Å². The zero-order chi connectivity index (χ0) is 27.3. The zero-order valence-electron chi connectivity index (χ0n) is 22.4. The van der Waals surface area contributed by atoms with E-state index in [9.17, 15) is 9.59 Å². The van der Waals surface area contributed by atoms with Gasteiger partial charge in [0.1, 0.15) is 5.60 Å². The summed E-state index contributed by atoms with van der Waals surface area (Å²) in [7, 11) is 0. The molecule has 0 aliphatic heterocycles. The Morgan fingerprint density at radius 2 is 1.73 bits per heavy atom. The van der Waals surface area contributed by atoms with Crippen LogP contribution in [0, 0.1) is 0 Å². The van der Waals surface area contributed by atoms with Crippen LogP contribution in [0.25, 0.3) is 0 Å². The van der Waals surface area contributed by atoms with E-state index in [1.54, 1.807) is 6.92 Å². The maximum Gasteiger partial charge on any atom is 0.407 e. The molecule has 10 heteroatoms. The van der Waals surface area contributed by atoms with Crippen LogP contribution in [0.5, 0.6) is 0 Å². The largest absolute Gasteiger partial charge is 0.461 e. The molecule has 8 nitrogen and oxygen atoms in total. The van der Waals surface area contributed by atoms with Crippen molar-refractivity contribution < 1.29 is 19.1 Å². The fourth-order valence-electron chi connectivity index (χ4n) is 4.64. The van der Waals surface area contributed by atoms with Crippen molar-refractivity contribution in [3.63, 3.8) is 0 Å². The highest BCUT2D eigenvalue weighted by Crippen LogP contribution is 2.34. The second-order valence-corrected chi connectivity index (χ2v) is 11.8. The normalized spacial score (nSPS) is 18.9. The van der Waals surface area contributed by atoms with Gasteiger partial charge < -0.3 is 24.7 Å². The Balaban J connectivity index is 1.87. The first-order chi connectivity index (χ1) is 17.4. The van der Waals surface area contributed by atoms with Crippen LogP contribution in [0.4, 0.5) is 4.79 Å². The molecule has 1 aliphatic carbocycles. The highest BCUT2D eigenvalue weighted by molar-refractivity contribution is 9.10. The van der Waals surface area contributed by atoms with E-state index in [4.69, 9.17) is 21.1 Å². The smallest absolute Gasteiger partial charge is 0.407 e. The van der Waals surface area contributed by atoms with Gasteiger partial charge in [0, 0.05) is 23.1 Å². The Hall–Kier alpha value is -2.10. The van der Waals surface area contributed by atoms with Gasteiger partial charge in [-0.3, -0.25) is 0 Å². The van der Waals surface area contributed by atoms with Crippen LogP contribution < -0.4 is 10.6 Å². The third-order valence-corrected chi connectivity index (χ3v) is 7.03. The number of carbonyl (C=O) groups excluding carboxylic acids is 2. The van der Waals surface area contributed by atoms with Gasteiger partial charge in [-0.05, 0) is 101 Å². The number of rotatable bonds is 8. The summed E-state index contributed by atoms with van der Waals surface area (Å²) in [6, 6.07) is 7.59. The highest BCUT2D eigenvalue weighted by Gasteiger charge is 2.33. The topological polar surface area (TPSA) is 94.5 Å². The molecule has 1 aromatic heterocycles. The summed E-state index contributed by atoms with van der Waals surface area (Å²) in [4.78, 5) is 29.7. The van der Waals surface area contributed by atoms with Crippen molar-refractivity contribution in [3.8, 4) is 0 Å². The van der Waals surface area contributed by atoms with E-state index in [-0.39, 0.29) is 42.6 Å². The minimum absolute atomic E-state index is 0.0467. The summed E-state index contributed by atoms with van der Waals surface area (Å²) in [5.74, 6) is -0.455. The first kappa shape index (κ1) is 29.5. The van der Waals surface area contributed by atoms with Gasteiger partial charge in [-0.25, -0.2) is 14.6 Å². The molecule has 1 aromatic carbocycles. The number of nitrogens with zero attached hydrogens (tertiary/aromatic N) is 2. The van der Waals surface area contributed by atoms with Gasteiger partial charge in [0.25, 0.3) is 0 Å². The van der Waals surface area contributed by atoms with Crippen molar-refractivity contribution in [1.82, 2.24) is 20.2 Å². The van der Waals surface area contributed by atoms with Crippen LogP contribution in [0.3, 0.4) is 0 Å². The lowest BCUT2D eigenvalue weighted by Crippen LogP contribution is -2.45. The molecule has 1 atom stereocenters. The average molecular weight is 598 g/mol. The molecule has 1 fully saturated rings. The number of amides is 1. The van der Waals surface area contributed by atoms with Crippen molar-refractivity contribution in [1.29, 1.82) is 0 Å². The number of hydrogen-bond acceptors (Lipinski definition) is 6. The molecule has 204 valence electrons. The van der Waals surface area contributed by atoms with Crippen molar-refractivity contribution >= 4 is 39.6 Å². The van der Waals surface area contributed by atoms with Gasteiger partial charge in [-0.2, -0.15) is 0 Å². The van der Waals surface area contributed by atoms with E-state index >= 15 is 0 Å². The molecule has 1 amide bonds. The lowest BCUT2D eigenvalue weighted by molar-refractivity contribution is 0.0487. The number of benzene rings is 1. The number of esters is 1. The molecule has 2 aromatic rings. The standard InChI is InChI=1S/C27H38BrClN4O4/c1-7-36-24(34)22-23(33(16(2)3)25(28)32-22)21(17-8-10-18(29)11-9-17)30-19-12-14-20(15-13-19)31-26(35)37-27(4,5)6/h8-11,16,19-21,30H,7,12-15H2,1-6H3,(H,31,35). The Morgan fingerprint density at radius 1 is 1.14 bits per heavy atom. The number of ether oxygens (including phenoxy) is 2. The van der Waals surface area contributed by atoms with Crippen molar-refractivity contribution in [2.24, 2.45) is 0 Å². The van der Waals surface area contributed by atoms with Gasteiger partial charge >= 0.3 is 12.1 Å². The maximum absolute atomic E-state index is 13.0. The average Bonchev–Trinajstić information content (AvgIpc) is 3.15. The molecule has 2 N–H and O–H groups in total. The number of carbonyl (C=O) groups is 2. The number of imidazole rings is 1. The monoisotopic (exact) mass is 596 g/mol. The third-order valence-electron chi connectivity index (χ3n) is 6.22. The number of hydrogen-bond donors (Lipinski definition) is 2. The molecule has 1 aliphatic rings. The van der Waals surface area contributed by atoms with Crippen LogP contribution in [-0.4, -0.2) is 45.9 Å². The third kappa shape index (κ3) is 7.94. The van der Waals surface area contributed by atoms with Gasteiger partial charge in [-0.15, -0.1) is 0 Å². The molecule has 0 saturated heterocycles. The minimum atomic E-state index is -0.529. The number of nitrogens with one attached hydrogen (secondary N) is 2. The molecule has 3 rings (SSSR count). The summed E-state index contributed by atoms with van der Waals surface area (Å²) >= 11 is 9.76.